The highest BCUT2D eigenvalue weighted by Crippen LogP contribution is 2.56. The summed E-state index contributed by atoms with van der Waals surface area (Å²) in [5, 5.41) is 17.1. The van der Waals surface area contributed by atoms with E-state index in [2.05, 4.69) is 557 Å². The van der Waals surface area contributed by atoms with E-state index < -0.39 is 0 Å². The zero-order chi connectivity index (χ0) is 98.6. The summed E-state index contributed by atoms with van der Waals surface area (Å²) in [4.78, 5) is 9.30. The Hall–Kier alpha value is -19.3. The summed E-state index contributed by atoms with van der Waals surface area (Å²) in [6.45, 7) is 8.52. The van der Waals surface area contributed by atoms with Gasteiger partial charge in [0.1, 0.15) is 22.3 Å². The van der Waals surface area contributed by atoms with Crippen LogP contribution in [0.3, 0.4) is 0 Å². The molecular weight excluding hydrogens is 1800 g/mol. The van der Waals surface area contributed by atoms with Crippen LogP contribution in [0.5, 0.6) is 0 Å². The van der Waals surface area contributed by atoms with Crippen molar-refractivity contribution in [3.63, 3.8) is 0 Å². The third-order valence-electron chi connectivity index (χ3n) is 29.4. The number of nitrogens with zero attached hydrogens (tertiary/aromatic N) is 4. The van der Waals surface area contributed by atoms with Crippen LogP contribution >= 0.6 is 0 Å². The van der Waals surface area contributed by atoms with E-state index in [4.69, 9.17) is 17.7 Å². The van der Waals surface area contributed by atoms with Gasteiger partial charge in [0.15, 0.2) is 22.3 Å². The number of anilines is 12. The molecule has 700 valence electrons. The van der Waals surface area contributed by atoms with Crippen LogP contribution in [0, 0.1) is 27.7 Å². The minimum atomic E-state index is 0.730. The maximum absolute atomic E-state index is 7.25. The SMILES string of the molecule is Cc1ccc(N(c2ccc(C)cc2)c2ccc3cc4c(cc3c2)oc2c3oc5cc6cc(N(c7ccc(C)cc7)c7ccc(C)cc7)ccc6cc5c3c(-c3ccccc3)c(-c3ccccc3)c42)cc1.c1ccc(-c2ccc(N(c3ccccc3)c3ccc4cc5c(cc4c3)oc3c4oc6cc7cc(N(c8ccccc8)c8ccc(-c9ccccc9)cc8)ccc7cc6c4c(-c4ccccc4)c(-c4ccccc4)c53)cc2)cc1. The summed E-state index contributed by atoms with van der Waals surface area (Å²) < 4.78 is 28.9. The molecule has 0 aliphatic heterocycles. The van der Waals surface area contributed by atoms with Crippen LogP contribution in [0.1, 0.15) is 22.3 Å². The smallest absolute Gasteiger partial charge is 0.179 e. The normalized spacial score (nSPS) is 11.6. The van der Waals surface area contributed by atoms with E-state index in [1.165, 1.54) is 44.5 Å². The summed E-state index contributed by atoms with van der Waals surface area (Å²) in [6, 6.07) is 183. The van der Waals surface area contributed by atoms with Crippen molar-refractivity contribution in [1.29, 1.82) is 0 Å². The van der Waals surface area contributed by atoms with E-state index in [1.54, 1.807) is 0 Å². The Morgan fingerprint density at radius 3 is 0.514 bits per heavy atom. The van der Waals surface area contributed by atoms with E-state index in [0.29, 0.717) is 0 Å². The molecule has 0 bridgehead atoms. The number of benzene rings is 24. The predicted molar refractivity (Wildman–Crippen MR) is 622 cm³/mol. The molecule has 0 saturated heterocycles. The van der Waals surface area contributed by atoms with Crippen molar-refractivity contribution in [3.05, 3.63) is 532 Å². The highest BCUT2D eigenvalue weighted by molar-refractivity contribution is 6.34. The van der Waals surface area contributed by atoms with Gasteiger partial charge in [0.25, 0.3) is 0 Å². The molecule has 8 nitrogen and oxygen atoms in total. The minimum Gasteiger partial charge on any atom is -0.452 e. The van der Waals surface area contributed by atoms with Crippen molar-refractivity contribution >= 4 is 199 Å². The van der Waals surface area contributed by atoms with Gasteiger partial charge in [-0.25, -0.2) is 0 Å². The second kappa shape index (κ2) is 36.6. The van der Waals surface area contributed by atoms with Gasteiger partial charge in [-0.3, -0.25) is 0 Å². The standard InChI is InChI=1S/C74H48N2O2.C66H48N2O2/c1-7-19-49(20-8-1)51-31-37-61(38-32-51)75(59-27-15-5-16-28-59)63-41-35-55-45-65-67(47-57(55)43-63)77-73-71(65)69(53-23-11-3-12-24-53)70(54-25-13-4-14-26-54)72-66-46-56-36-42-64(44-58(56)48-68(66)78-74(72)73)76(60-29-17-6-18-30-60)62-39-33-52(34-40-62)50-21-9-2-10-22-50;1-41-15-25-51(26-16-41)67(52-27-17-42(2)18-28-52)55-33-23-47-37-57-59(39-49(47)35-55)69-65-63(57)61(45-11-7-5-8-12-45)62(46-13-9-6-10-14-46)64-58-38-48-24-34-56(36-50(48)40-60(58)70-66(64)65)68(53-29-19-43(3)20-30-53)54-31-21-44(4)22-32-54/h1-48H;5-40H,1-4H3. The molecule has 0 N–H and O–H groups in total. The maximum atomic E-state index is 7.25. The first-order chi connectivity index (χ1) is 73.0. The predicted octanol–water partition coefficient (Wildman–Crippen LogP) is 40.7. The average Bonchev–Trinajstić information content (AvgIpc) is 1.54. The number of rotatable bonds is 18. The summed E-state index contributed by atoms with van der Waals surface area (Å²) in [7, 11) is 0. The molecule has 8 heteroatoms. The number of para-hydroxylation sites is 2. The number of hydrogen-bond acceptors (Lipinski definition) is 8. The molecule has 28 aromatic rings. The Bertz CT molecular complexity index is 9270. The average molecular weight is 1900 g/mol. The molecule has 0 saturated carbocycles. The number of hydrogen-bond donors (Lipinski definition) is 0. The first-order valence-corrected chi connectivity index (χ1v) is 50.6. The third-order valence-corrected chi connectivity index (χ3v) is 29.4. The van der Waals surface area contributed by atoms with Crippen LogP contribution in [-0.4, -0.2) is 0 Å². The second-order valence-corrected chi connectivity index (χ2v) is 38.9. The lowest BCUT2D eigenvalue weighted by molar-refractivity contribution is 0.634. The lowest BCUT2D eigenvalue weighted by Crippen LogP contribution is -2.09. The summed E-state index contributed by atoms with van der Waals surface area (Å²) in [6.07, 6.45) is 0. The summed E-state index contributed by atoms with van der Waals surface area (Å²) in [5.41, 5.74) is 37.7. The fourth-order valence-electron chi connectivity index (χ4n) is 22.2. The molecule has 0 unspecified atom stereocenters. The van der Waals surface area contributed by atoms with Gasteiger partial charge in [-0.15, -0.1) is 0 Å². The molecule has 0 atom stereocenters. The Morgan fingerprint density at radius 1 is 0.135 bits per heavy atom. The van der Waals surface area contributed by atoms with Gasteiger partial charge in [-0.2, -0.15) is 0 Å². The van der Waals surface area contributed by atoms with Crippen molar-refractivity contribution in [3.8, 4) is 66.8 Å². The van der Waals surface area contributed by atoms with Crippen LogP contribution in [0.25, 0.3) is 198 Å². The van der Waals surface area contributed by atoms with Crippen LogP contribution in [0.15, 0.2) is 527 Å². The van der Waals surface area contributed by atoms with Crippen molar-refractivity contribution in [1.82, 2.24) is 0 Å². The lowest BCUT2D eigenvalue weighted by atomic mass is 9.87. The van der Waals surface area contributed by atoms with Gasteiger partial charge in [-0.1, -0.05) is 338 Å². The quantitative estimate of drug-likeness (QED) is 0.0842. The van der Waals surface area contributed by atoms with Gasteiger partial charge in [-0.05, 0) is 309 Å². The first-order valence-electron chi connectivity index (χ1n) is 50.6. The highest BCUT2D eigenvalue weighted by atomic mass is 16.4. The number of aryl methyl sites for hydroxylation is 4. The van der Waals surface area contributed by atoms with Crippen molar-refractivity contribution in [2.24, 2.45) is 0 Å². The van der Waals surface area contributed by atoms with Crippen molar-refractivity contribution in [2.45, 2.75) is 27.7 Å². The molecule has 4 aromatic heterocycles. The summed E-state index contributed by atoms with van der Waals surface area (Å²) in [5.74, 6) is 0. The molecule has 24 aromatic carbocycles. The Labute approximate surface area is 856 Å². The number of fused-ring (bicyclic) bond motifs is 18. The molecular formula is C140H96N4O4. The molecule has 0 aliphatic carbocycles. The second-order valence-electron chi connectivity index (χ2n) is 38.9. The molecule has 0 fully saturated rings. The fourth-order valence-corrected chi connectivity index (χ4v) is 22.2. The van der Waals surface area contributed by atoms with Gasteiger partial charge in [0, 0.05) is 134 Å². The number of furan rings is 4. The largest absolute Gasteiger partial charge is 0.452 e. The topological polar surface area (TPSA) is 65.5 Å². The molecule has 28 rings (SSSR count). The van der Waals surface area contributed by atoms with Crippen LogP contribution < -0.4 is 19.6 Å². The Kier molecular flexibility index (Phi) is 21.7. The molecule has 4 heterocycles. The van der Waals surface area contributed by atoms with Crippen LogP contribution in [-0.2, 0) is 0 Å². The van der Waals surface area contributed by atoms with E-state index in [1.807, 2.05) is 0 Å². The van der Waals surface area contributed by atoms with Crippen LogP contribution in [0.2, 0.25) is 0 Å². The van der Waals surface area contributed by atoms with Crippen molar-refractivity contribution in [2.75, 3.05) is 19.6 Å². The van der Waals surface area contributed by atoms with Crippen molar-refractivity contribution < 1.29 is 17.7 Å². The molecule has 0 amide bonds. The Balaban J connectivity index is 0.000000147. The zero-order valence-corrected chi connectivity index (χ0v) is 81.9. The van der Waals surface area contributed by atoms with Gasteiger partial charge >= 0.3 is 0 Å². The van der Waals surface area contributed by atoms with E-state index >= 15 is 0 Å². The van der Waals surface area contributed by atoms with Gasteiger partial charge in [0.2, 0.25) is 0 Å². The third kappa shape index (κ3) is 15.7. The van der Waals surface area contributed by atoms with E-state index in [-0.39, 0.29) is 0 Å². The molecule has 0 spiro atoms. The maximum Gasteiger partial charge on any atom is 0.179 e. The molecule has 0 aliphatic rings. The van der Waals surface area contributed by atoms with Crippen LogP contribution in [0.4, 0.5) is 68.2 Å². The monoisotopic (exact) mass is 1900 g/mol. The van der Waals surface area contributed by atoms with E-state index in [0.717, 1.165) is 244 Å². The highest BCUT2D eigenvalue weighted by Gasteiger charge is 2.32. The first kappa shape index (κ1) is 87.7. The fraction of sp³-hybridized carbons (Fsp3) is 0.0286. The zero-order valence-electron chi connectivity index (χ0n) is 81.9. The molecule has 148 heavy (non-hydrogen) atoms. The summed E-state index contributed by atoms with van der Waals surface area (Å²) >= 11 is 0. The minimum absolute atomic E-state index is 0.730. The van der Waals surface area contributed by atoms with Gasteiger partial charge < -0.3 is 37.3 Å². The lowest BCUT2D eigenvalue weighted by Gasteiger charge is -2.26. The Morgan fingerprint density at radius 2 is 0.304 bits per heavy atom. The van der Waals surface area contributed by atoms with Gasteiger partial charge in [0.05, 0.1) is 0 Å². The van der Waals surface area contributed by atoms with E-state index in [9.17, 15) is 0 Å². The molecule has 0 radical (unpaired) electrons.